The van der Waals surface area contributed by atoms with E-state index in [9.17, 15) is 52.1 Å². The van der Waals surface area contributed by atoms with Crippen LogP contribution in [0, 0.1) is 17.9 Å². The highest BCUT2D eigenvalue weighted by Crippen LogP contribution is 2.44. The molecule has 0 aliphatic heterocycles. The molecule has 0 unspecified atom stereocenters. The third-order valence-electron chi connectivity index (χ3n) is 12.8. The largest absolute Gasteiger partial charge is 0.425 e. The highest BCUT2D eigenvalue weighted by Gasteiger charge is 2.29. The molecule has 7 rings (SSSR count). The maximum atomic E-state index is 13.5. The smallest absolute Gasteiger partial charge is 0.396 e. The minimum absolute atomic E-state index is 0.0145. The molecular formula is C59H57N17O13S5. The standard InChI is InChI=1S/C59H57N17O10S4.O3S/c1-8-75(9-2)38-18-20-44(71-73-55-43(31-60)50(90(84,85)86)49(89-55)30-42(33(6)79)54(83)65-37-17-13-15-35(25-37)52(62)81)46(26-38)66-57-68-58(70-59(69-57)87-23-22-77)67-47-27-39(76(10-3)11-4)19-21-45(47)72-74-56-48(63-7)29-40(88-56)28-41(32(5)78)53(82)64-36-16-12-14-34(24-36)51(61)80;1-4(2)3/h12-21,24-30,77H,8-11,22-23H2,1-6H3,(H2,61,80)(H2,62,81)(H,64,82)(H,65,83)(H,84,85,86)(H2,66,67,68,69,70);/b41-28+,42-30-,73-71?,74-72?;. The summed E-state index contributed by atoms with van der Waals surface area (Å²) in [6, 6.07) is 25.0. The fourth-order valence-corrected chi connectivity index (χ4v) is 12.0. The third kappa shape index (κ3) is 19.6. The number of nitrogens with zero attached hydrogens (tertiary/aromatic N) is 11. The summed E-state index contributed by atoms with van der Waals surface area (Å²) in [5.41, 5.74) is 12.3. The number of rotatable bonds is 28. The molecule has 486 valence electrons. The third-order valence-corrected chi connectivity index (χ3v) is 16.7. The Morgan fingerprint density at radius 1 is 0.702 bits per heavy atom. The molecule has 0 aliphatic carbocycles. The zero-order valence-electron chi connectivity index (χ0n) is 50.6. The van der Waals surface area contributed by atoms with Crippen LogP contribution >= 0.6 is 34.4 Å². The normalized spacial score (nSPS) is 11.4. The highest BCUT2D eigenvalue weighted by atomic mass is 32.2. The number of thiophene rings is 2. The molecule has 0 saturated carbocycles. The van der Waals surface area contributed by atoms with Crippen LogP contribution in [0.2, 0.25) is 0 Å². The van der Waals surface area contributed by atoms with Gasteiger partial charge in [-0.1, -0.05) is 23.9 Å². The van der Waals surface area contributed by atoms with Gasteiger partial charge in [-0.05, 0) is 133 Å². The van der Waals surface area contributed by atoms with Crippen molar-refractivity contribution in [1.29, 1.82) is 5.26 Å². The quantitative estimate of drug-likeness (QED) is 0.00430. The van der Waals surface area contributed by atoms with Crippen molar-refractivity contribution in [1.82, 2.24) is 15.0 Å². The number of azo groups is 2. The summed E-state index contributed by atoms with van der Waals surface area (Å²) in [4.78, 5) is 97.0. The lowest BCUT2D eigenvalue weighted by molar-refractivity contribution is -0.120. The Labute approximate surface area is 551 Å². The zero-order chi connectivity index (χ0) is 69.0. The Morgan fingerprint density at radius 3 is 1.59 bits per heavy atom. The van der Waals surface area contributed by atoms with E-state index in [0.717, 1.165) is 41.8 Å². The van der Waals surface area contributed by atoms with E-state index in [4.69, 9.17) is 35.7 Å². The van der Waals surface area contributed by atoms with Crippen molar-refractivity contribution in [2.45, 2.75) is 51.6 Å². The van der Waals surface area contributed by atoms with Crippen LogP contribution in [0.25, 0.3) is 17.0 Å². The van der Waals surface area contributed by atoms with Crippen LogP contribution in [0.1, 0.15) is 77.6 Å². The number of nitrogens with two attached hydrogens (primary N) is 2. The first-order valence-electron chi connectivity index (χ1n) is 27.6. The molecule has 4 aromatic carbocycles. The number of hydrogen-bond donors (Lipinski definition) is 8. The summed E-state index contributed by atoms with van der Waals surface area (Å²) in [5, 5.41) is 49.5. The summed E-state index contributed by atoms with van der Waals surface area (Å²) < 4.78 is 61.8. The lowest BCUT2D eigenvalue weighted by atomic mass is 10.1. The summed E-state index contributed by atoms with van der Waals surface area (Å²) in [6.07, 6.45) is 2.21. The first kappa shape index (κ1) is 72.3. The first-order chi connectivity index (χ1) is 44.7. The second kappa shape index (κ2) is 33.5. The van der Waals surface area contributed by atoms with Crippen molar-refractivity contribution in [2.75, 3.05) is 69.6 Å². The summed E-state index contributed by atoms with van der Waals surface area (Å²) in [7, 11) is -8.35. The molecule has 7 aromatic rings. The number of hydrogen-bond acceptors (Lipinski definition) is 27. The molecule has 3 heterocycles. The second-order valence-corrected chi connectivity index (χ2v) is 23.9. The van der Waals surface area contributed by atoms with Gasteiger partial charge < -0.3 is 47.6 Å². The van der Waals surface area contributed by atoms with Crippen molar-refractivity contribution < 1.29 is 59.5 Å². The van der Waals surface area contributed by atoms with Gasteiger partial charge in [0.1, 0.15) is 32.9 Å². The van der Waals surface area contributed by atoms with Crippen LogP contribution in [-0.4, -0.2) is 119 Å². The number of amides is 4. The molecule has 94 heavy (non-hydrogen) atoms. The Morgan fingerprint density at radius 2 is 1.17 bits per heavy atom. The van der Waals surface area contributed by atoms with Gasteiger partial charge in [0, 0.05) is 70.7 Å². The number of primary amides is 2. The predicted molar refractivity (Wildman–Crippen MR) is 356 cm³/mol. The number of aliphatic hydroxyl groups is 1. The van der Waals surface area contributed by atoms with Gasteiger partial charge in [0.2, 0.25) is 29.4 Å². The van der Waals surface area contributed by atoms with Crippen LogP contribution in [0.5, 0.6) is 0 Å². The summed E-state index contributed by atoms with van der Waals surface area (Å²) >= 11 is 2.63. The lowest BCUT2D eigenvalue weighted by Crippen LogP contribution is -2.21. The van der Waals surface area contributed by atoms with E-state index in [1.807, 2.05) is 38.7 Å². The molecule has 3 aromatic heterocycles. The number of ketones is 2. The lowest BCUT2D eigenvalue weighted by Gasteiger charge is -2.22. The number of carbonyl (C=O) groups excluding carboxylic acids is 6. The second-order valence-electron chi connectivity index (χ2n) is 19.0. The molecule has 0 bridgehead atoms. The van der Waals surface area contributed by atoms with Gasteiger partial charge in [-0.15, -0.1) is 50.6 Å². The minimum Gasteiger partial charge on any atom is -0.396 e. The van der Waals surface area contributed by atoms with E-state index >= 15 is 0 Å². The van der Waals surface area contributed by atoms with Crippen molar-refractivity contribution in [3.63, 3.8) is 0 Å². The van der Waals surface area contributed by atoms with Crippen LogP contribution in [0.15, 0.2) is 133 Å². The average molecular weight is 1370 g/mol. The van der Waals surface area contributed by atoms with E-state index in [2.05, 4.69) is 61.4 Å². The zero-order valence-corrected chi connectivity index (χ0v) is 54.6. The number of thioether (sulfide) groups is 1. The van der Waals surface area contributed by atoms with E-state index < -0.39 is 76.8 Å². The molecule has 4 amide bonds. The van der Waals surface area contributed by atoms with Gasteiger partial charge >= 0.3 is 10.6 Å². The Bertz CT molecular complexity index is 4540. The SMILES string of the molecule is O=S(=O)=O.[C-]#[N+]c1cc(/C=C(\C(C)=O)C(=O)Nc2cccc(C(N)=O)c2)sc1N=Nc1ccc(N(CC)CC)cc1Nc1nc(Nc2cc(N(CC)CC)ccc2N=Nc2sc(/C=C(/C(C)=O)C(=O)Nc3cccc(C(N)=O)c3)c(S(=O)(=O)O)c2C#N)nc(SCCO)n1. The number of anilines is 8. The maximum Gasteiger partial charge on any atom is 0.425 e. The van der Waals surface area contributed by atoms with E-state index in [1.165, 1.54) is 67.6 Å². The van der Waals surface area contributed by atoms with Crippen LogP contribution in [-0.2, 0) is 39.9 Å². The first-order valence-corrected chi connectivity index (χ1v) is 32.7. The van der Waals surface area contributed by atoms with Gasteiger partial charge in [0.15, 0.2) is 21.7 Å². The van der Waals surface area contributed by atoms with E-state index in [-0.39, 0.29) is 90.2 Å². The number of carbonyl (C=O) groups is 6. The Hall–Kier alpha value is -10.8. The molecular weight excluding hydrogens is 1320 g/mol. The number of aromatic nitrogens is 3. The average Bonchev–Trinajstić information content (AvgIpc) is 1.62. The number of aliphatic hydroxyl groups excluding tert-OH is 1. The number of benzene rings is 4. The van der Waals surface area contributed by atoms with Crippen molar-refractivity contribution in [2.24, 2.45) is 31.9 Å². The monoisotopic (exact) mass is 1370 g/mol. The maximum absolute atomic E-state index is 13.5. The van der Waals surface area contributed by atoms with E-state index in [0.29, 0.717) is 53.8 Å². The fourth-order valence-electron chi connectivity index (χ4n) is 8.48. The molecule has 0 atom stereocenters. The van der Waals surface area contributed by atoms with Gasteiger partial charge in [0.05, 0.1) is 40.6 Å². The molecule has 0 aliphatic rings. The van der Waals surface area contributed by atoms with Gasteiger partial charge in [-0.3, -0.25) is 33.3 Å². The van der Waals surface area contributed by atoms with Crippen molar-refractivity contribution in [3.05, 3.63) is 140 Å². The number of nitrogens with one attached hydrogen (secondary N) is 4. The van der Waals surface area contributed by atoms with Crippen molar-refractivity contribution in [3.8, 4) is 6.07 Å². The Kier molecular flexibility index (Phi) is 25.8. The van der Waals surface area contributed by atoms with Gasteiger partial charge in [-0.25, -0.2) is 4.85 Å². The summed E-state index contributed by atoms with van der Waals surface area (Å²) in [5.74, 6) is -4.58. The molecule has 0 fully saturated rings. The van der Waals surface area contributed by atoms with Crippen LogP contribution in [0.3, 0.4) is 0 Å². The van der Waals surface area contributed by atoms with E-state index in [1.54, 1.807) is 36.4 Å². The molecule has 30 nitrogen and oxygen atoms in total. The van der Waals surface area contributed by atoms with Crippen LogP contribution in [0.4, 0.5) is 73.1 Å². The molecule has 0 radical (unpaired) electrons. The van der Waals surface area contributed by atoms with Gasteiger partial charge in [0.25, 0.3) is 21.9 Å². The molecule has 10 N–H and O–H groups in total. The van der Waals surface area contributed by atoms with Crippen molar-refractivity contribution >= 4 is 176 Å². The Balaban J connectivity index is 0.00000340. The minimum atomic E-state index is -5.24. The van der Waals surface area contributed by atoms with Crippen LogP contribution < -0.4 is 42.5 Å². The number of nitriles is 1. The number of Topliss-reactive ketones (excluding diaryl/α,β-unsaturated/α-hetero) is 2. The molecule has 0 saturated heterocycles. The summed E-state index contributed by atoms with van der Waals surface area (Å²) in [6.45, 7) is 20.3. The highest BCUT2D eigenvalue weighted by molar-refractivity contribution is 7.99. The fraction of sp³-hybridized carbons (Fsp3) is 0.203. The topological polar surface area (TPSA) is 451 Å². The predicted octanol–water partition coefficient (Wildman–Crippen LogP) is 10.2. The van der Waals surface area contributed by atoms with Gasteiger partial charge in [-0.2, -0.15) is 33.7 Å². The molecule has 0 spiro atoms. The molecule has 35 heteroatoms.